The molecule has 0 unspecified atom stereocenters. The van der Waals surface area contributed by atoms with Gasteiger partial charge >= 0.3 is 5.97 Å². The molecule has 0 bridgehead atoms. The summed E-state index contributed by atoms with van der Waals surface area (Å²) in [5.41, 5.74) is 1.14. The lowest BCUT2D eigenvalue weighted by Gasteiger charge is -2.09. The van der Waals surface area contributed by atoms with E-state index in [0.29, 0.717) is 19.6 Å². The second-order valence-corrected chi connectivity index (χ2v) is 6.76. The molecule has 5 heteroatoms. The summed E-state index contributed by atoms with van der Waals surface area (Å²) in [5.74, 6) is -0.453. The van der Waals surface area contributed by atoms with Crippen molar-refractivity contribution in [2.24, 2.45) is 0 Å². The average molecular weight is 372 g/mol. The number of aliphatic hydroxyl groups is 1. The molecule has 0 radical (unpaired) electrons. The zero-order valence-electron chi connectivity index (χ0n) is 14.9. The zero-order valence-corrected chi connectivity index (χ0v) is 15.7. The van der Waals surface area contributed by atoms with Crippen molar-refractivity contribution in [1.82, 2.24) is 0 Å². The summed E-state index contributed by atoms with van der Waals surface area (Å²) in [6.45, 7) is 1.20. The third-order valence-corrected chi connectivity index (χ3v) is 4.77. The van der Waals surface area contributed by atoms with Crippen LogP contribution in [0.2, 0.25) is 0 Å². The highest BCUT2D eigenvalue weighted by molar-refractivity contribution is 8.04. The number of unbranched alkanes of at least 4 members (excludes halogenated alkanes) is 1. The van der Waals surface area contributed by atoms with Gasteiger partial charge in [0.15, 0.2) is 0 Å². The minimum absolute atomic E-state index is 0.0637. The Kier molecular flexibility index (Phi) is 8.79. The number of esters is 1. The van der Waals surface area contributed by atoms with Gasteiger partial charge in [-0.05, 0) is 30.5 Å². The Morgan fingerprint density at radius 1 is 1.00 bits per heavy atom. The number of methoxy groups -OCH3 is 1. The number of thioether (sulfide) groups is 1. The molecule has 0 saturated heterocycles. The van der Waals surface area contributed by atoms with Gasteiger partial charge in [-0.2, -0.15) is 0 Å². The molecule has 2 aromatic rings. The molecule has 4 nitrogen and oxygen atoms in total. The summed E-state index contributed by atoms with van der Waals surface area (Å²) in [7, 11) is 1.32. The molecule has 138 valence electrons. The Hall–Kier alpha value is -2.24. The van der Waals surface area contributed by atoms with Crippen LogP contribution in [-0.2, 0) is 20.9 Å². The fraction of sp³-hybridized carbons (Fsp3) is 0.286. The molecule has 0 aromatic heterocycles. The standard InChI is InChI=1S/C21H24O4S/c1-24-21(23)20(26-18-12-6-3-7-13-18)19(22)14-8-9-15-25-16-17-10-4-2-5-11-17/h2-7,10-13,22H,8-9,14-16H2,1H3/b20-19+. The smallest absolute Gasteiger partial charge is 0.348 e. The number of allylic oxidation sites excluding steroid dienone is 1. The summed E-state index contributed by atoms with van der Waals surface area (Å²) in [5, 5.41) is 10.3. The minimum Gasteiger partial charge on any atom is -0.511 e. The largest absolute Gasteiger partial charge is 0.511 e. The van der Waals surface area contributed by atoms with E-state index >= 15 is 0 Å². The molecule has 1 N–H and O–H groups in total. The lowest BCUT2D eigenvalue weighted by atomic mass is 10.2. The Balaban J connectivity index is 1.79. The Bertz CT molecular complexity index is 698. The Morgan fingerprint density at radius 2 is 1.65 bits per heavy atom. The number of benzene rings is 2. The normalized spacial score (nSPS) is 11.7. The molecule has 0 aliphatic carbocycles. The highest BCUT2D eigenvalue weighted by Crippen LogP contribution is 2.30. The number of hydrogen-bond acceptors (Lipinski definition) is 5. The van der Waals surface area contributed by atoms with E-state index in [-0.39, 0.29) is 10.7 Å². The monoisotopic (exact) mass is 372 g/mol. The molecular weight excluding hydrogens is 348 g/mol. The molecule has 0 heterocycles. The summed E-state index contributed by atoms with van der Waals surface area (Å²) in [6.07, 6.45) is 1.96. The van der Waals surface area contributed by atoms with Crippen LogP contribution in [0.4, 0.5) is 0 Å². The van der Waals surface area contributed by atoms with Gasteiger partial charge in [0, 0.05) is 17.9 Å². The van der Waals surface area contributed by atoms with Crippen molar-refractivity contribution in [3.8, 4) is 0 Å². The van der Waals surface area contributed by atoms with E-state index < -0.39 is 5.97 Å². The molecule has 0 amide bonds. The molecule has 0 fully saturated rings. The van der Waals surface area contributed by atoms with Gasteiger partial charge in [0.1, 0.15) is 10.7 Å². The van der Waals surface area contributed by atoms with Gasteiger partial charge in [-0.1, -0.05) is 60.3 Å². The number of ether oxygens (including phenoxy) is 2. The van der Waals surface area contributed by atoms with Crippen molar-refractivity contribution in [1.29, 1.82) is 0 Å². The second kappa shape index (κ2) is 11.4. The maximum Gasteiger partial charge on any atom is 0.348 e. The summed E-state index contributed by atoms with van der Waals surface area (Å²) >= 11 is 1.22. The van der Waals surface area contributed by atoms with Crippen LogP contribution in [0.5, 0.6) is 0 Å². The molecule has 0 aliphatic rings. The highest BCUT2D eigenvalue weighted by atomic mass is 32.2. The maximum atomic E-state index is 12.0. The lowest BCUT2D eigenvalue weighted by molar-refractivity contribution is -0.135. The number of carbonyl (C=O) groups is 1. The van der Waals surface area contributed by atoms with Crippen LogP contribution in [0.25, 0.3) is 0 Å². The van der Waals surface area contributed by atoms with Crippen LogP contribution in [0.15, 0.2) is 76.2 Å². The number of rotatable bonds is 10. The van der Waals surface area contributed by atoms with Crippen LogP contribution in [0, 0.1) is 0 Å². The predicted octanol–water partition coefficient (Wildman–Crippen LogP) is 5.11. The topological polar surface area (TPSA) is 55.8 Å². The zero-order chi connectivity index (χ0) is 18.6. The van der Waals surface area contributed by atoms with E-state index in [1.54, 1.807) is 0 Å². The van der Waals surface area contributed by atoms with Gasteiger partial charge in [-0.15, -0.1) is 0 Å². The third kappa shape index (κ3) is 6.94. The van der Waals surface area contributed by atoms with Crippen LogP contribution >= 0.6 is 11.8 Å². The first kappa shape index (κ1) is 20.1. The lowest BCUT2D eigenvalue weighted by Crippen LogP contribution is -2.06. The van der Waals surface area contributed by atoms with Crippen molar-refractivity contribution in [3.63, 3.8) is 0 Å². The summed E-state index contributed by atoms with van der Waals surface area (Å²) in [4.78, 5) is 13.1. The van der Waals surface area contributed by atoms with Gasteiger partial charge in [0.2, 0.25) is 0 Å². The molecular formula is C21H24O4S. The van der Waals surface area contributed by atoms with Gasteiger partial charge in [-0.3, -0.25) is 0 Å². The van der Waals surface area contributed by atoms with Crippen LogP contribution in [-0.4, -0.2) is 24.8 Å². The first-order valence-corrected chi connectivity index (χ1v) is 9.37. The fourth-order valence-corrected chi connectivity index (χ4v) is 3.21. The van der Waals surface area contributed by atoms with Crippen molar-refractivity contribution < 1.29 is 19.4 Å². The Labute approximate surface area is 158 Å². The van der Waals surface area contributed by atoms with E-state index in [2.05, 4.69) is 0 Å². The van der Waals surface area contributed by atoms with Crippen LogP contribution in [0.1, 0.15) is 24.8 Å². The molecule has 2 aromatic carbocycles. The van der Waals surface area contributed by atoms with E-state index in [0.717, 1.165) is 23.3 Å². The predicted molar refractivity (Wildman–Crippen MR) is 104 cm³/mol. The number of aliphatic hydroxyl groups excluding tert-OH is 1. The first-order chi connectivity index (χ1) is 12.7. The van der Waals surface area contributed by atoms with Crippen molar-refractivity contribution in [2.75, 3.05) is 13.7 Å². The molecule has 0 aliphatic heterocycles. The van der Waals surface area contributed by atoms with E-state index in [1.807, 2.05) is 60.7 Å². The number of carbonyl (C=O) groups excluding carboxylic acids is 1. The summed E-state index contributed by atoms with van der Waals surface area (Å²) < 4.78 is 10.4. The van der Waals surface area contributed by atoms with Crippen molar-refractivity contribution in [3.05, 3.63) is 76.9 Å². The van der Waals surface area contributed by atoms with E-state index in [1.165, 1.54) is 18.9 Å². The third-order valence-electron chi connectivity index (χ3n) is 3.66. The van der Waals surface area contributed by atoms with Crippen LogP contribution < -0.4 is 0 Å². The fourth-order valence-electron chi connectivity index (χ4n) is 2.29. The summed E-state index contributed by atoms with van der Waals surface area (Å²) in [6, 6.07) is 19.5. The molecule has 0 atom stereocenters. The Morgan fingerprint density at radius 3 is 2.31 bits per heavy atom. The highest BCUT2D eigenvalue weighted by Gasteiger charge is 2.17. The van der Waals surface area contributed by atoms with E-state index in [9.17, 15) is 9.90 Å². The average Bonchev–Trinajstić information content (AvgIpc) is 2.69. The molecule has 0 spiro atoms. The van der Waals surface area contributed by atoms with Crippen LogP contribution in [0.3, 0.4) is 0 Å². The molecule has 2 rings (SSSR count). The van der Waals surface area contributed by atoms with Crippen molar-refractivity contribution >= 4 is 17.7 Å². The van der Waals surface area contributed by atoms with Crippen molar-refractivity contribution in [2.45, 2.75) is 30.8 Å². The number of hydrogen-bond donors (Lipinski definition) is 1. The maximum absolute atomic E-state index is 12.0. The van der Waals surface area contributed by atoms with Gasteiger partial charge in [0.25, 0.3) is 0 Å². The van der Waals surface area contributed by atoms with Gasteiger partial charge < -0.3 is 14.6 Å². The minimum atomic E-state index is -0.517. The quantitative estimate of drug-likeness (QED) is 0.206. The molecule has 0 saturated carbocycles. The molecule has 26 heavy (non-hydrogen) atoms. The first-order valence-electron chi connectivity index (χ1n) is 8.55. The van der Waals surface area contributed by atoms with Gasteiger partial charge in [0.05, 0.1) is 13.7 Å². The van der Waals surface area contributed by atoms with Gasteiger partial charge in [-0.25, -0.2) is 4.79 Å². The van der Waals surface area contributed by atoms with E-state index in [4.69, 9.17) is 9.47 Å². The second-order valence-electron chi connectivity index (χ2n) is 5.68. The SMILES string of the molecule is COC(=O)/C(Sc1ccccc1)=C(\O)CCCCOCc1ccccc1.